The summed E-state index contributed by atoms with van der Waals surface area (Å²) in [6, 6.07) is 7.89. The van der Waals surface area contributed by atoms with Gasteiger partial charge in [-0.2, -0.15) is 0 Å². The van der Waals surface area contributed by atoms with Crippen LogP contribution in [0.25, 0.3) is 10.9 Å². The van der Waals surface area contributed by atoms with E-state index in [0.717, 1.165) is 11.5 Å². The van der Waals surface area contributed by atoms with Crippen LogP contribution in [0, 0.1) is 12.8 Å². The Morgan fingerprint density at radius 3 is 2.92 bits per heavy atom. The minimum absolute atomic E-state index is 0.413. The molecule has 0 saturated carbocycles. The highest BCUT2D eigenvalue weighted by molar-refractivity contribution is 7.80. The molecule has 2 aliphatic rings. The molecule has 3 nitrogen and oxygen atoms in total. The van der Waals surface area contributed by atoms with E-state index in [1.807, 2.05) is 0 Å². The van der Waals surface area contributed by atoms with Crippen molar-refractivity contribution in [3.63, 3.8) is 0 Å². The molecule has 4 rings (SSSR count). The van der Waals surface area contributed by atoms with Gasteiger partial charge in [0.1, 0.15) is 0 Å². The highest BCUT2D eigenvalue weighted by Gasteiger charge is 2.41. The van der Waals surface area contributed by atoms with E-state index in [-0.39, 0.29) is 0 Å². The zero-order valence-electron chi connectivity index (χ0n) is 16.4. The van der Waals surface area contributed by atoms with Crippen LogP contribution in [0.15, 0.2) is 18.2 Å². The van der Waals surface area contributed by atoms with Crippen molar-refractivity contribution in [2.45, 2.75) is 65.0 Å². The lowest BCUT2D eigenvalue weighted by Gasteiger charge is -2.47. The second-order valence-electron chi connectivity index (χ2n) is 8.47. The van der Waals surface area contributed by atoms with E-state index in [1.54, 1.807) is 11.1 Å². The number of fused-ring (bicyclic) bond motifs is 2. The summed E-state index contributed by atoms with van der Waals surface area (Å²) in [5, 5.41) is 5.18. The van der Waals surface area contributed by atoms with Crippen LogP contribution in [0.5, 0.6) is 0 Å². The molecule has 1 saturated heterocycles. The summed E-state index contributed by atoms with van der Waals surface area (Å²) in [7, 11) is 0. The normalized spacial score (nSPS) is 25.5. The molecule has 0 radical (unpaired) electrons. The SMILES string of the molecule is CCCN1C[C@@H](NC(=S)C(C)C)C[C@@H]2c3cccc4[nH]c(C)c(c34)C[C@H]21. The number of likely N-dealkylation sites (tertiary alicyclic amines) is 1. The highest BCUT2D eigenvalue weighted by atomic mass is 32.1. The van der Waals surface area contributed by atoms with Crippen LogP contribution in [-0.4, -0.2) is 40.0 Å². The molecule has 26 heavy (non-hydrogen) atoms. The van der Waals surface area contributed by atoms with Gasteiger partial charge in [-0.1, -0.05) is 45.1 Å². The summed E-state index contributed by atoms with van der Waals surface area (Å²) >= 11 is 5.60. The molecule has 4 heteroatoms. The third-order valence-electron chi connectivity index (χ3n) is 6.29. The van der Waals surface area contributed by atoms with Gasteiger partial charge in [-0.15, -0.1) is 0 Å². The van der Waals surface area contributed by atoms with Gasteiger partial charge >= 0.3 is 0 Å². The zero-order valence-corrected chi connectivity index (χ0v) is 17.2. The molecule has 2 heterocycles. The number of hydrogen-bond acceptors (Lipinski definition) is 2. The van der Waals surface area contributed by atoms with Crippen molar-refractivity contribution in [3.05, 3.63) is 35.0 Å². The number of aromatic nitrogens is 1. The van der Waals surface area contributed by atoms with Crippen molar-refractivity contribution in [3.8, 4) is 0 Å². The highest BCUT2D eigenvalue weighted by Crippen LogP contribution is 2.44. The predicted molar refractivity (Wildman–Crippen MR) is 114 cm³/mol. The van der Waals surface area contributed by atoms with Gasteiger partial charge in [0.05, 0.1) is 4.99 Å². The van der Waals surface area contributed by atoms with Gasteiger partial charge in [0.25, 0.3) is 0 Å². The Kier molecular flexibility index (Phi) is 4.83. The van der Waals surface area contributed by atoms with Crippen molar-refractivity contribution >= 4 is 28.1 Å². The van der Waals surface area contributed by atoms with Gasteiger partial charge in [-0.3, -0.25) is 4.90 Å². The van der Waals surface area contributed by atoms with E-state index < -0.39 is 0 Å². The fraction of sp³-hybridized carbons (Fsp3) is 0.591. The van der Waals surface area contributed by atoms with Crippen molar-refractivity contribution in [1.82, 2.24) is 15.2 Å². The Labute approximate surface area is 162 Å². The number of piperidine rings is 1. The van der Waals surface area contributed by atoms with E-state index in [2.05, 4.69) is 61.1 Å². The first-order chi connectivity index (χ1) is 12.5. The molecule has 2 aromatic rings. The average Bonchev–Trinajstić information content (AvgIpc) is 2.93. The first-order valence-electron chi connectivity index (χ1n) is 10.1. The van der Waals surface area contributed by atoms with Gasteiger partial charge in [0, 0.05) is 47.1 Å². The molecular weight excluding hydrogens is 338 g/mol. The number of benzene rings is 1. The first-order valence-corrected chi connectivity index (χ1v) is 10.5. The summed E-state index contributed by atoms with van der Waals surface area (Å²) in [5.74, 6) is 1.00. The predicted octanol–water partition coefficient (Wildman–Crippen LogP) is 4.54. The van der Waals surface area contributed by atoms with Gasteiger partial charge in [-0.05, 0) is 49.9 Å². The van der Waals surface area contributed by atoms with E-state index in [9.17, 15) is 0 Å². The van der Waals surface area contributed by atoms with Crippen molar-refractivity contribution in [2.75, 3.05) is 13.1 Å². The lowest BCUT2D eigenvalue weighted by Crippen LogP contribution is -2.56. The molecule has 0 unspecified atom stereocenters. The topological polar surface area (TPSA) is 31.1 Å². The molecule has 1 fully saturated rings. The van der Waals surface area contributed by atoms with Crippen molar-refractivity contribution < 1.29 is 0 Å². The number of nitrogens with zero attached hydrogens (tertiary/aromatic N) is 1. The third-order valence-corrected chi connectivity index (χ3v) is 6.88. The van der Waals surface area contributed by atoms with Crippen LogP contribution >= 0.6 is 12.2 Å². The molecule has 1 aliphatic heterocycles. The van der Waals surface area contributed by atoms with Crippen LogP contribution in [0.2, 0.25) is 0 Å². The Bertz CT molecular complexity index is 822. The Morgan fingerprint density at radius 2 is 2.19 bits per heavy atom. The molecule has 3 atom stereocenters. The monoisotopic (exact) mass is 369 g/mol. The second kappa shape index (κ2) is 6.97. The molecule has 0 amide bonds. The number of rotatable bonds is 4. The maximum Gasteiger partial charge on any atom is 0.0781 e. The van der Waals surface area contributed by atoms with Gasteiger partial charge in [0.2, 0.25) is 0 Å². The van der Waals surface area contributed by atoms with E-state index in [1.165, 1.54) is 42.4 Å². The zero-order chi connectivity index (χ0) is 18.4. The molecule has 0 bridgehead atoms. The van der Waals surface area contributed by atoms with Crippen LogP contribution in [0.1, 0.15) is 56.4 Å². The molecule has 1 aliphatic carbocycles. The fourth-order valence-electron chi connectivity index (χ4n) is 5.08. The van der Waals surface area contributed by atoms with Crippen LogP contribution < -0.4 is 5.32 Å². The maximum atomic E-state index is 5.60. The lowest BCUT2D eigenvalue weighted by atomic mass is 9.73. The minimum Gasteiger partial charge on any atom is -0.375 e. The second-order valence-corrected chi connectivity index (χ2v) is 8.91. The van der Waals surface area contributed by atoms with Crippen LogP contribution in [0.3, 0.4) is 0 Å². The maximum absolute atomic E-state index is 5.60. The first kappa shape index (κ1) is 18.0. The summed E-state index contributed by atoms with van der Waals surface area (Å²) in [4.78, 5) is 7.36. The quantitative estimate of drug-likeness (QED) is 0.776. The van der Waals surface area contributed by atoms with Crippen LogP contribution in [0.4, 0.5) is 0 Å². The van der Waals surface area contributed by atoms with E-state index in [4.69, 9.17) is 12.2 Å². The standard InChI is InChI=1S/C22H31N3S/c1-5-9-25-12-15(24-22(26)13(2)3)10-18-16-7-6-8-19-21(16)17(11-20(18)25)14(4)23-19/h6-8,13,15,18,20,23H,5,9-12H2,1-4H3,(H,24,26)/t15-,18+,20+/m0/s1. The number of nitrogens with one attached hydrogen (secondary N) is 2. The molecular formula is C22H31N3S. The number of H-pyrrole nitrogens is 1. The van der Waals surface area contributed by atoms with Gasteiger partial charge in [-0.25, -0.2) is 0 Å². The largest absolute Gasteiger partial charge is 0.375 e. The lowest BCUT2D eigenvalue weighted by molar-refractivity contribution is 0.104. The van der Waals surface area contributed by atoms with Gasteiger partial charge < -0.3 is 10.3 Å². The minimum atomic E-state index is 0.413. The molecule has 1 aromatic carbocycles. The average molecular weight is 370 g/mol. The Hall–Kier alpha value is -1.39. The number of hydrogen-bond donors (Lipinski definition) is 2. The number of thiocarbonyl (C=S) groups is 1. The summed E-state index contributed by atoms with van der Waals surface area (Å²) in [6.45, 7) is 11.2. The summed E-state index contributed by atoms with van der Waals surface area (Å²) < 4.78 is 0. The number of aryl methyl sites for hydroxylation is 1. The number of aromatic amines is 1. The van der Waals surface area contributed by atoms with E-state index >= 15 is 0 Å². The summed E-state index contributed by atoms with van der Waals surface area (Å²) in [6.07, 6.45) is 3.56. The molecule has 140 valence electrons. The van der Waals surface area contributed by atoms with Crippen molar-refractivity contribution in [2.24, 2.45) is 5.92 Å². The summed E-state index contributed by atoms with van der Waals surface area (Å²) in [5.41, 5.74) is 5.75. The molecule has 0 spiro atoms. The van der Waals surface area contributed by atoms with E-state index in [0.29, 0.717) is 23.9 Å². The van der Waals surface area contributed by atoms with Crippen LogP contribution in [-0.2, 0) is 6.42 Å². The smallest absolute Gasteiger partial charge is 0.0781 e. The molecule has 2 N–H and O–H groups in total. The third kappa shape index (κ3) is 2.97. The Balaban J connectivity index is 1.71. The fourth-order valence-corrected chi connectivity index (χ4v) is 5.25. The molecule has 1 aromatic heterocycles. The Morgan fingerprint density at radius 1 is 1.38 bits per heavy atom. The van der Waals surface area contributed by atoms with Gasteiger partial charge in [0.15, 0.2) is 0 Å². The van der Waals surface area contributed by atoms with Crippen molar-refractivity contribution in [1.29, 1.82) is 0 Å².